The van der Waals surface area contributed by atoms with E-state index in [2.05, 4.69) is 31.2 Å². The Labute approximate surface area is 127 Å². The fourth-order valence-electron chi connectivity index (χ4n) is 1.28. The molecule has 0 bridgehead atoms. The van der Waals surface area contributed by atoms with Crippen LogP contribution in [-0.2, 0) is 0 Å². The van der Waals surface area contributed by atoms with Crippen molar-refractivity contribution < 1.29 is 0 Å². The molecule has 94 valence electrons. The zero-order valence-electron chi connectivity index (χ0n) is 9.25. The van der Waals surface area contributed by atoms with Crippen LogP contribution in [0.4, 0.5) is 11.5 Å². The normalized spacial score (nSPS) is 10.4. The molecule has 0 spiro atoms. The van der Waals surface area contributed by atoms with Crippen LogP contribution in [0.15, 0.2) is 33.9 Å². The summed E-state index contributed by atoms with van der Waals surface area (Å²) < 4.78 is 0.857. The summed E-state index contributed by atoms with van der Waals surface area (Å²) in [5, 5.41) is 4.85. The average Bonchev–Trinajstić information content (AvgIpc) is 2.32. The van der Waals surface area contributed by atoms with Crippen molar-refractivity contribution >= 4 is 62.4 Å². The van der Waals surface area contributed by atoms with Crippen LogP contribution in [0.1, 0.15) is 0 Å². The zero-order valence-corrected chi connectivity index (χ0v) is 13.2. The van der Waals surface area contributed by atoms with E-state index in [1.165, 1.54) is 11.8 Å². The van der Waals surface area contributed by atoms with Gasteiger partial charge in [-0.05, 0) is 40.4 Å². The Kier molecular flexibility index (Phi) is 4.72. The van der Waals surface area contributed by atoms with Gasteiger partial charge in [0.2, 0.25) is 0 Å². The molecule has 7 heteroatoms. The standard InChI is InChI=1S/C11H8BrCl2N3S/c1-18-11-16-9(14)5-10(17-11)15-8-3-2-6(13)4-7(8)12/h2-5H,1H3,(H,15,16,17). The molecule has 0 aliphatic heterocycles. The monoisotopic (exact) mass is 363 g/mol. The molecule has 0 unspecified atom stereocenters. The molecular formula is C11H8BrCl2N3S. The van der Waals surface area contributed by atoms with Crippen LogP contribution in [0.3, 0.4) is 0 Å². The van der Waals surface area contributed by atoms with Gasteiger partial charge in [0.25, 0.3) is 0 Å². The number of benzene rings is 1. The summed E-state index contributed by atoms with van der Waals surface area (Å²) in [5.74, 6) is 0.641. The summed E-state index contributed by atoms with van der Waals surface area (Å²) >= 11 is 16.7. The molecule has 2 rings (SSSR count). The highest BCUT2D eigenvalue weighted by Crippen LogP contribution is 2.29. The molecule has 0 saturated heterocycles. The first kappa shape index (κ1) is 13.9. The second kappa shape index (κ2) is 6.10. The third-order valence-electron chi connectivity index (χ3n) is 2.05. The number of hydrogen-bond donors (Lipinski definition) is 1. The van der Waals surface area contributed by atoms with E-state index in [0.717, 1.165) is 10.2 Å². The fourth-order valence-corrected chi connectivity index (χ4v) is 2.68. The maximum Gasteiger partial charge on any atom is 0.190 e. The van der Waals surface area contributed by atoms with Gasteiger partial charge < -0.3 is 5.32 Å². The zero-order chi connectivity index (χ0) is 13.1. The summed E-state index contributed by atoms with van der Waals surface area (Å²) in [6, 6.07) is 7.14. The number of halogens is 3. The van der Waals surface area contributed by atoms with Crippen molar-refractivity contribution in [2.45, 2.75) is 5.16 Å². The molecule has 18 heavy (non-hydrogen) atoms. The lowest BCUT2D eigenvalue weighted by atomic mass is 10.3. The van der Waals surface area contributed by atoms with Gasteiger partial charge >= 0.3 is 0 Å². The molecule has 0 amide bonds. The van der Waals surface area contributed by atoms with Crippen molar-refractivity contribution in [3.05, 3.63) is 38.9 Å². The van der Waals surface area contributed by atoms with Crippen molar-refractivity contribution in [1.82, 2.24) is 9.97 Å². The summed E-state index contributed by atoms with van der Waals surface area (Å²) in [5.41, 5.74) is 0.862. The second-order valence-electron chi connectivity index (χ2n) is 3.31. The lowest BCUT2D eigenvalue weighted by molar-refractivity contribution is 0.976. The smallest absolute Gasteiger partial charge is 0.190 e. The molecular weight excluding hydrogens is 357 g/mol. The molecule has 0 aliphatic carbocycles. The molecule has 1 aromatic carbocycles. The van der Waals surface area contributed by atoms with E-state index < -0.39 is 0 Å². The molecule has 1 aromatic heterocycles. The van der Waals surface area contributed by atoms with E-state index in [9.17, 15) is 0 Å². The van der Waals surface area contributed by atoms with Crippen LogP contribution in [0, 0.1) is 0 Å². The number of anilines is 2. The van der Waals surface area contributed by atoms with E-state index >= 15 is 0 Å². The van der Waals surface area contributed by atoms with Crippen LogP contribution < -0.4 is 5.32 Å². The Balaban J connectivity index is 2.30. The number of hydrogen-bond acceptors (Lipinski definition) is 4. The maximum absolute atomic E-state index is 5.92. The van der Waals surface area contributed by atoms with Gasteiger partial charge in [-0.2, -0.15) is 0 Å². The SMILES string of the molecule is CSc1nc(Cl)cc(Nc2ccc(Cl)cc2Br)n1. The first-order valence-electron chi connectivity index (χ1n) is 4.89. The highest BCUT2D eigenvalue weighted by molar-refractivity contribution is 9.10. The average molecular weight is 365 g/mol. The van der Waals surface area contributed by atoms with Crippen molar-refractivity contribution in [3.8, 4) is 0 Å². The topological polar surface area (TPSA) is 37.8 Å². The molecule has 0 fully saturated rings. The van der Waals surface area contributed by atoms with Crippen LogP contribution in [0.25, 0.3) is 0 Å². The quantitative estimate of drug-likeness (QED) is 0.471. The summed E-state index contributed by atoms with van der Waals surface area (Å²) in [6.07, 6.45) is 1.90. The first-order valence-corrected chi connectivity index (χ1v) is 7.66. The highest BCUT2D eigenvalue weighted by atomic mass is 79.9. The fraction of sp³-hybridized carbons (Fsp3) is 0.0909. The maximum atomic E-state index is 5.92. The number of thioether (sulfide) groups is 1. The van der Waals surface area contributed by atoms with Gasteiger partial charge in [0, 0.05) is 15.6 Å². The Morgan fingerprint density at radius 1 is 1.22 bits per heavy atom. The van der Waals surface area contributed by atoms with Crippen LogP contribution in [0.2, 0.25) is 10.2 Å². The van der Waals surface area contributed by atoms with Gasteiger partial charge in [-0.1, -0.05) is 35.0 Å². The van der Waals surface area contributed by atoms with Crippen LogP contribution in [-0.4, -0.2) is 16.2 Å². The third kappa shape index (κ3) is 3.51. The Bertz CT molecular complexity index is 580. The molecule has 0 radical (unpaired) electrons. The van der Waals surface area contributed by atoms with Crippen molar-refractivity contribution in [2.75, 3.05) is 11.6 Å². The number of rotatable bonds is 3. The number of aromatic nitrogens is 2. The highest BCUT2D eigenvalue weighted by Gasteiger charge is 2.05. The Morgan fingerprint density at radius 3 is 2.67 bits per heavy atom. The largest absolute Gasteiger partial charge is 0.339 e. The number of nitrogens with zero attached hydrogens (tertiary/aromatic N) is 2. The lowest BCUT2D eigenvalue weighted by Crippen LogP contribution is -1.97. The van der Waals surface area contributed by atoms with E-state index in [1.807, 2.05) is 18.4 Å². The van der Waals surface area contributed by atoms with E-state index in [1.54, 1.807) is 12.1 Å². The molecule has 1 heterocycles. The van der Waals surface area contributed by atoms with Gasteiger partial charge in [0.05, 0.1) is 5.69 Å². The third-order valence-corrected chi connectivity index (χ3v) is 3.68. The Hall–Kier alpha value is -0.490. The van der Waals surface area contributed by atoms with E-state index in [-0.39, 0.29) is 0 Å². The van der Waals surface area contributed by atoms with Gasteiger partial charge in [-0.15, -0.1) is 0 Å². The van der Waals surface area contributed by atoms with Crippen LogP contribution in [0.5, 0.6) is 0 Å². The van der Waals surface area contributed by atoms with E-state index in [0.29, 0.717) is 21.2 Å². The summed E-state index contributed by atoms with van der Waals surface area (Å²) in [6.45, 7) is 0. The summed E-state index contributed by atoms with van der Waals surface area (Å²) in [7, 11) is 0. The van der Waals surface area contributed by atoms with Crippen molar-refractivity contribution in [2.24, 2.45) is 0 Å². The van der Waals surface area contributed by atoms with Gasteiger partial charge in [-0.3, -0.25) is 0 Å². The Morgan fingerprint density at radius 2 is 2.00 bits per heavy atom. The minimum atomic E-state index is 0.405. The van der Waals surface area contributed by atoms with Crippen LogP contribution >= 0.6 is 50.9 Å². The van der Waals surface area contributed by atoms with Crippen molar-refractivity contribution in [3.63, 3.8) is 0 Å². The molecule has 0 aliphatic rings. The minimum Gasteiger partial charge on any atom is -0.339 e. The van der Waals surface area contributed by atoms with E-state index in [4.69, 9.17) is 23.2 Å². The lowest BCUT2D eigenvalue weighted by Gasteiger charge is -2.09. The summed E-state index contributed by atoms with van der Waals surface area (Å²) in [4.78, 5) is 8.39. The predicted molar refractivity (Wildman–Crippen MR) is 81.3 cm³/mol. The number of nitrogens with one attached hydrogen (secondary N) is 1. The molecule has 0 atom stereocenters. The van der Waals surface area contributed by atoms with Gasteiger partial charge in [0.15, 0.2) is 5.16 Å². The van der Waals surface area contributed by atoms with Gasteiger partial charge in [-0.25, -0.2) is 9.97 Å². The molecule has 0 saturated carbocycles. The molecule has 3 nitrogen and oxygen atoms in total. The molecule has 1 N–H and O–H groups in total. The molecule has 2 aromatic rings. The predicted octanol–water partition coefficient (Wildman–Crippen LogP) is 5.01. The first-order chi connectivity index (χ1) is 8.58. The second-order valence-corrected chi connectivity index (χ2v) is 5.76. The van der Waals surface area contributed by atoms with Crippen molar-refractivity contribution in [1.29, 1.82) is 0 Å². The van der Waals surface area contributed by atoms with Gasteiger partial charge in [0.1, 0.15) is 11.0 Å². The minimum absolute atomic E-state index is 0.405.